The molecule has 1 amide bonds. The van der Waals surface area contributed by atoms with Gasteiger partial charge < -0.3 is 9.88 Å². The number of Topliss-reactive ketones (excluding diaryl/α,β-unsaturated/α-hetero) is 1. The molecule has 1 heterocycles. The van der Waals surface area contributed by atoms with Gasteiger partial charge in [0.25, 0.3) is 0 Å². The van der Waals surface area contributed by atoms with E-state index in [4.69, 9.17) is 0 Å². The molecular formula is C20H22N4O2S. The highest BCUT2D eigenvalue weighted by Gasteiger charge is 2.13. The molecule has 0 saturated carbocycles. The number of nitrogens with one attached hydrogen (secondary N) is 1. The van der Waals surface area contributed by atoms with Gasteiger partial charge in [-0.25, -0.2) is 0 Å². The maximum Gasteiger partial charge on any atom is 0.216 e. The molecule has 0 bridgehead atoms. The summed E-state index contributed by atoms with van der Waals surface area (Å²) in [5.74, 6) is 1.20. The van der Waals surface area contributed by atoms with E-state index < -0.39 is 0 Å². The highest BCUT2D eigenvalue weighted by molar-refractivity contribution is 7.99. The summed E-state index contributed by atoms with van der Waals surface area (Å²) in [5.41, 5.74) is 0.707. The lowest BCUT2D eigenvalue weighted by Gasteiger charge is -2.05. The predicted octanol–water partition coefficient (Wildman–Crippen LogP) is 3.01. The molecule has 0 saturated heterocycles. The Kier molecular flexibility index (Phi) is 6.24. The molecule has 140 valence electrons. The Morgan fingerprint density at radius 2 is 1.89 bits per heavy atom. The van der Waals surface area contributed by atoms with Gasteiger partial charge in [0.15, 0.2) is 10.9 Å². The number of amides is 1. The van der Waals surface area contributed by atoms with Crippen molar-refractivity contribution < 1.29 is 9.59 Å². The lowest BCUT2D eigenvalue weighted by atomic mass is 10.1. The first-order valence-corrected chi connectivity index (χ1v) is 9.80. The van der Waals surface area contributed by atoms with Gasteiger partial charge in [0.1, 0.15) is 5.82 Å². The fraction of sp³-hybridized carbons (Fsp3) is 0.300. The van der Waals surface area contributed by atoms with Crippen LogP contribution in [0.5, 0.6) is 0 Å². The standard InChI is InChI=1S/C20H22N4O2S/c1-14(25)21-11-5-8-19-22-23-20(24(19)2)27-13-18(26)17-10-9-15-6-3-4-7-16(15)12-17/h3-4,6-7,9-10,12H,5,8,11,13H2,1-2H3,(H,21,25). The Labute approximate surface area is 162 Å². The second-order valence-corrected chi connectivity index (χ2v) is 7.26. The van der Waals surface area contributed by atoms with Gasteiger partial charge in [-0.1, -0.05) is 48.2 Å². The fourth-order valence-electron chi connectivity index (χ4n) is 2.78. The molecule has 7 heteroatoms. The summed E-state index contributed by atoms with van der Waals surface area (Å²) in [4.78, 5) is 23.4. The lowest BCUT2D eigenvalue weighted by molar-refractivity contribution is -0.118. The number of thioether (sulfide) groups is 1. The third-order valence-electron chi connectivity index (χ3n) is 4.28. The van der Waals surface area contributed by atoms with Gasteiger partial charge in [-0.15, -0.1) is 10.2 Å². The van der Waals surface area contributed by atoms with E-state index in [1.165, 1.54) is 18.7 Å². The van der Waals surface area contributed by atoms with Crippen LogP contribution in [0.4, 0.5) is 0 Å². The summed E-state index contributed by atoms with van der Waals surface area (Å²) in [7, 11) is 1.90. The molecule has 2 aromatic carbocycles. The SMILES string of the molecule is CC(=O)NCCCc1nnc(SCC(=O)c2ccc3ccccc3c2)n1C. The number of aromatic nitrogens is 3. The summed E-state index contributed by atoms with van der Waals surface area (Å²) in [5, 5.41) is 14.0. The Morgan fingerprint density at radius 1 is 1.11 bits per heavy atom. The number of ketones is 1. The van der Waals surface area contributed by atoms with Gasteiger partial charge in [0.05, 0.1) is 5.75 Å². The van der Waals surface area contributed by atoms with Crippen molar-refractivity contribution in [2.75, 3.05) is 12.3 Å². The van der Waals surface area contributed by atoms with E-state index in [9.17, 15) is 9.59 Å². The van der Waals surface area contributed by atoms with E-state index in [-0.39, 0.29) is 11.7 Å². The maximum absolute atomic E-state index is 12.5. The fourth-order valence-corrected chi connectivity index (χ4v) is 3.60. The van der Waals surface area contributed by atoms with E-state index >= 15 is 0 Å². The molecule has 6 nitrogen and oxygen atoms in total. The van der Waals surface area contributed by atoms with Gasteiger partial charge in [-0.2, -0.15) is 0 Å². The van der Waals surface area contributed by atoms with Crippen molar-refractivity contribution in [3.63, 3.8) is 0 Å². The molecular weight excluding hydrogens is 360 g/mol. The topological polar surface area (TPSA) is 76.9 Å². The Morgan fingerprint density at radius 3 is 2.67 bits per heavy atom. The third-order valence-corrected chi connectivity index (χ3v) is 5.30. The first kappa shape index (κ1) is 19.1. The first-order valence-electron chi connectivity index (χ1n) is 8.82. The van der Waals surface area contributed by atoms with E-state index in [0.29, 0.717) is 17.9 Å². The molecule has 3 rings (SSSR count). The van der Waals surface area contributed by atoms with Crippen LogP contribution in [0.15, 0.2) is 47.6 Å². The zero-order chi connectivity index (χ0) is 19.2. The normalized spacial score (nSPS) is 10.9. The number of carbonyl (C=O) groups excluding carboxylic acids is 2. The second-order valence-electron chi connectivity index (χ2n) is 6.32. The monoisotopic (exact) mass is 382 g/mol. The number of benzene rings is 2. The highest BCUT2D eigenvalue weighted by atomic mass is 32.2. The minimum Gasteiger partial charge on any atom is -0.356 e. The minimum atomic E-state index is -0.0311. The maximum atomic E-state index is 12.5. The van der Waals surface area contributed by atoms with Crippen molar-refractivity contribution in [2.24, 2.45) is 7.05 Å². The number of nitrogens with zero attached hydrogens (tertiary/aromatic N) is 3. The molecule has 0 fully saturated rings. The van der Waals surface area contributed by atoms with E-state index in [2.05, 4.69) is 15.5 Å². The molecule has 1 aromatic heterocycles. The van der Waals surface area contributed by atoms with Crippen LogP contribution < -0.4 is 5.32 Å². The Balaban J connectivity index is 1.57. The smallest absolute Gasteiger partial charge is 0.216 e. The van der Waals surface area contributed by atoms with Gasteiger partial charge in [-0.05, 0) is 23.3 Å². The molecule has 3 aromatic rings. The van der Waals surface area contributed by atoms with Crippen LogP contribution in [0.25, 0.3) is 10.8 Å². The molecule has 0 atom stereocenters. The second kappa shape index (κ2) is 8.81. The zero-order valence-corrected chi connectivity index (χ0v) is 16.3. The van der Waals surface area contributed by atoms with E-state index in [1.807, 2.05) is 54.1 Å². The summed E-state index contributed by atoms with van der Waals surface area (Å²) >= 11 is 1.39. The van der Waals surface area contributed by atoms with Crippen molar-refractivity contribution in [1.29, 1.82) is 0 Å². The van der Waals surface area contributed by atoms with Crippen LogP contribution in [-0.2, 0) is 18.3 Å². The predicted molar refractivity (Wildman–Crippen MR) is 107 cm³/mol. The van der Waals surface area contributed by atoms with E-state index in [0.717, 1.165) is 34.6 Å². The minimum absolute atomic E-state index is 0.0311. The Hall–Kier alpha value is -2.67. The largest absolute Gasteiger partial charge is 0.356 e. The Bertz CT molecular complexity index is 968. The summed E-state index contributed by atoms with van der Waals surface area (Å²) in [6.45, 7) is 2.12. The van der Waals surface area contributed by atoms with Crippen LogP contribution in [0, 0.1) is 0 Å². The first-order chi connectivity index (χ1) is 13.0. The van der Waals surface area contributed by atoms with Crippen molar-refractivity contribution in [3.8, 4) is 0 Å². The molecule has 0 spiro atoms. The van der Waals surface area contributed by atoms with Gasteiger partial charge in [0.2, 0.25) is 5.91 Å². The summed E-state index contributed by atoms with van der Waals surface area (Å²) in [6.07, 6.45) is 1.52. The molecule has 0 aliphatic rings. The highest BCUT2D eigenvalue weighted by Crippen LogP contribution is 2.20. The number of fused-ring (bicyclic) bond motifs is 1. The molecule has 27 heavy (non-hydrogen) atoms. The quantitative estimate of drug-likeness (QED) is 0.368. The van der Waals surface area contributed by atoms with E-state index in [1.54, 1.807) is 0 Å². The number of hydrogen-bond donors (Lipinski definition) is 1. The van der Waals surface area contributed by atoms with Crippen LogP contribution in [0.3, 0.4) is 0 Å². The lowest BCUT2D eigenvalue weighted by Crippen LogP contribution is -2.21. The summed E-state index contributed by atoms with van der Waals surface area (Å²) in [6, 6.07) is 13.8. The van der Waals surface area contributed by atoms with Crippen molar-refractivity contribution in [1.82, 2.24) is 20.1 Å². The number of aryl methyl sites for hydroxylation is 1. The molecule has 0 radical (unpaired) electrons. The van der Waals surface area contributed by atoms with Crippen LogP contribution in [0.1, 0.15) is 29.5 Å². The number of carbonyl (C=O) groups is 2. The molecule has 1 N–H and O–H groups in total. The van der Waals surface area contributed by atoms with Crippen molar-refractivity contribution in [2.45, 2.75) is 24.9 Å². The number of hydrogen-bond acceptors (Lipinski definition) is 5. The average Bonchev–Trinajstić information content (AvgIpc) is 3.02. The molecule has 0 aliphatic heterocycles. The molecule has 0 unspecified atom stereocenters. The van der Waals surface area contributed by atoms with Gasteiger partial charge in [0, 0.05) is 32.5 Å². The van der Waals surface area contributed by atoms with Crippen LogP contribution >= 0.6 is 11.8 Å². The van der Waals surface area contributed by atoms with Gasteiger partial charge in [-0.3, -0.25) is 9.59 Å². The number of rotatable bonds is 8. The van der Waals surface area contributed by atoms with Crippen LogP contribution in [-0.4, -0.2) is 38.8 Å². The average molecular weight is 382 g/mol. The molecule has 0 aliphatic carbocycles. The summed E-state index contributed by atoms with van der Waals surface area (Å²) < 4.78 is 1.91. The van der Waals surface area contributed by atoms with Gasteiger partial charge >= 0.3 is 0 Å². The third kappa shape index (κ3) is 4.95. The van der Waals surface area contributed by atoms with Crippen molar-refractivity contribution in [3.05, 3.63) is 53.9 Å². The van der Waals surface area contributed by atoms with Crippen molar-refractivity contribution >= 4 is 34.2 Å². The van der Waals surface area contributed by atoms with Crippen LogP contribution in [0.2, 0.25) is 0 Å². The zero-order valence-electron chi connectivity index (χ0n) is 15.4.